The average molecular weight is 406 g/mol. The van der Waals surface area contributed by atoms with E-state index < -0.39 is 17.5 Å². The zero-order chi connectivity index (χ0) is 14.9. The maximum absolute atomic E-state index is 13.6. The van der Waals surface area contributed by atoms with Crippen LogP contribution in [0.4, 0.5) is 20.2 Å². The Morgan fingerprint density at radius 1 is 1.10 bits per heavy atom. The highest BCUT2D eigenvalue weighted by Gasteiger charge is 2.14. The zero-order valence-corrected chi connectivity index (χ0v) is 13.1. The fourth-order valence-corrected chi connectivity index (χ4v) is 2.40. The van der Waals surface area contributed by atoms with Crippen molar-refractivity contribution >= 4 is 49.1 Å². The Kier molecular flexibility index (Phi) is 4.39. The second-order valence-corrected chi connectivity index (χ2v) is 5.64. The molecule has 0 fully saturated rings. The highest BCUT2D eigenvalue weighted by Crippen LogP contribution is 2.28. The SMILES string of the molecule is Nc1ccc(C(=O)Nc2c(F)cc(F)cc2Br)cc1Br. The molecule has 0 aliphatic heterocycles. The number of amides is 1. The minimum Gasteiger partial charge on any atom is -0.398 e. The molecule has 0 atom stereocenters. The number of hydrogen-bond acceptors (Lipinski definition) is 2. The fraction of sp³-hybridized carbons (Fsp3) is 0. The number of carbonyl (C=O) groups is 1. The summed E-state index contributed by atoms with van der Waals surface area (Å²) in [5.41, 5.74) is 6.27. The van der Waals surface area contributed by atoms with Crippen molar-refractivity contribution in [3.63, 3.8) is 0 Å². The Labute approximate surface area is 130 Å². The van der Waals surface area contributed by atoms with Crippen molar-refractivity contribution in [3.05, 3.63) is 56.5 Å². The van der Waals surface area contributed by atoms with Crippen molar-refractivity contribution in [1.82, 2.24) is 0 Å². The van der Waals surface area contributed by atoms with E-state index in [-0.39, 0.29) is 10.2 Å². The number of carbonyl (C=O) groups excluding carboxylic acids is 1. The predicted octanol–water partition coefficient (Wildman–Crippen LogP) is 4.32. The maximum atomic E-state index is 13.6. The normalized spacial score (nSPS) is 10.4. The van der Waals surface area contributed by atoms with Gasteiger partial charge in [-0.2, -0.15) is 0 Å². The standard InChI is InChI=1S/C13H8Br2F2N2O/c14-8-3-6(1-2-11(8)18)13(20)19-12-9(15)4-7(16)5-10(12)17/h1-5H,18H2,(H,19,20). The topological polar surface area (TPSA) is 55.1 Å². The highest BCUT2D eigenvalue weighted by atomic mass is 79.9. The first-order valence-electron chi connectivity index (χ1n) is 5.39. The molecule has 0 saturated carbocycles. The average Bonchev–Trinajstić information content (AvgIpc) is 2.36. The van der Waals surface area contributed by atoms with Crippen LogP contribution in [0.2, 0.25) is 0 Å². The van der Waals surface area contributed by atoms with Crippen LogP contribution in [-0.4, -0.2) is 5.91 Å². The Bertz CT molecular complexity index is 669. The minimum atomic E-state index is -0.861. The smallest absolute Gasteiger partial charge is 0.255 e. The number of halogens is 4. The van der Waals surface area contributed by atoms with Crippen LogP contribution in [0.25, 0.3) is 0 Å². The Hall–Kier alpha value is -1.47. The first-order chi connectivity index (χ1) is 9.38. The summed E-state index contributed by atoms with van der Waals surface area (Å²) in [6.07, 6.45) is 0. The van der Waals surface area contributed by atoms with Gasteiger partial charge in [0.05, 0.1) is 5.69 Å². The molecule has 0 spiro atoms. The Morgan fingerprint density at radius 3 is 2.40 bits per heavy atom. The third-order valence-corrected chi connectivity index (χ3v) is 3.82. The summed E-state index contributed by atoms with van der Waals surface area (Å²) in [7, 11) is 0. The van der Waals surface area contributed by atoms with Gasteiger partial charge in [0.1, 0.15) is 5.82 Å². The number of rotatable bonds is 2. The second kappa shape index (κ2) is 5.88. The van der Waals surface area contributed by atoms with Gasteiger partial charge in [0.2, 0.25) is 0 Å². The van der Waals surface area contributed by atoms with Gasteiger partial charge in [-0.25, -0.2) is 8.78 Å². The van der Waals surface area contributed by atoms with Crippen LogP contribution in [0.3, 0.4) is 0 Å². The summed E-state index contributed by atoms with van der Waals surface area (Å²) in [5.74, 6) is -2.13. The summed E-state index contributed by atoms with van der Waals surface area (Å²) >= 11 is 6.20. The van der Waals surface area contributed by atoms with Crippen LogP contribution in [0.15, 0.2) is 39.3 Å². The molecule has 7 heteroatoms. The molecule has 2 aromatic rings. The van der Waals surface area contributed by atoms with Crippen molar-refractivity contribution < 1.29 is 13.6 Å². The molecule has 104 valence electrons. The largest absolute Gasteiger partial charge is 0.398 e. The summed E-state index contributed by atoms with van der Waals surface area (Å²) in [6, 6.07) is 6.33. The van der Waals surface area contributed by atoms with Crippen molar-refractivity contribution in [3.8, 4) is 0 Å². The van der Waals surface area contributed by atoms with Gasteiger partial charge >= 0.3 is 0 Å². The van der Waals surface area contributed by atoms with E-state index in [1.165, 1.54) is 12.1 Å². The number of nitrogen functional groups attached to an aromatic ring is 1. The number of hydrogen-bond donors (Lipinski definition) is 2. The monoisotopic (exact) mass is 404 g/mol. The molecule has 0 aliphatic rings. The minimum absolute atomic E-state index is 0.121. The summed E-state index contributed by atoms with van der Waals surface area (Å²) in [6.45, 7) is 0. The molecule has 0 aromatic heterocycles. The molecule has 0 unspecified atom stereocenters. The summed E-state index contributed by atoms with van der Waals surface area (Å²) in [5, 5.41) is 2.38. The van der Waals surface area contributed by atoms with Crippen LogP contribution in [0.5, 0.6) is 0 Å². The molecule has 3 nitrogen and oxygen atoms in total. The predicted molar refractivity (Wildman–Crippen MR) is 80.6 cm³/mol. The van der Waals surface area contributed by atoms with Crippen LogP contribution >= 0.6 is 31.9 Å². The molecule has 0 heterocycles. The number of nitrogens with two attached hydrogens (primary N) is 1. The lowest BCUT2D eigenvalue weighted by Gasteiger charge is -2.09. The number of nitrogens with one attached hydrogen (secondary N) is 1. The summed E-state index contributed by atoms with van der Waals surface area (Å²) < 4.78 is 27.3. The molecular formula is C13H8Br2F2N2O. The molecule has 1 amide bonds. The van der Waals surface area contributed by atoms with Crippen LogP contribution in [0, 0.1) is 11.6 Å². The van der Waals surface area contributed by atoms with E-state index >= 15 is 0 Å². The lowest BCUT2D eigenvalue weighted by molar-refractivity contribution is 0.102. The van der Waals surface area contributed by atoms with Gasteiger partial charge < -0.3 is 11.1 Å². The van der Waals surface area contributed by atoms with Gasteiger partial charge in [-0.15, -0.1) is 0 Å². The van der Waals surface area contributed by atoms with Crippen LogP contribution in [0.1, 0.15) is 10.4 Å². The van der Waals surface area contributed by atoms with Gasteiger partial charge in [-0.3, -0.25) is 4.79 Å². The van der Waals surface area contributed by atoms with E-state index in [2.05, 4.69) is 37.2 Å². The summed E-state index contributed by atoms with van der Waals surface area (Å²) in [4.78, 5) is 12.0. The number of benzene rings is 2. The lowest BCUT2D eigenvalue weighted by atomic mass is 10.2. The first kappa shape index (κ1) is 14.9. The molecular weight excluding hydrogens is 398 g/mol. The maximum Gasteiger partial charge on any atom is 0.255 e. The fourth-order valence-electron chi connectivity index (χ4n) is 1.52. The van der Waals surface area contributed by atoms with Crippen molar-refractivity contribution in [2.45, 2.75) is 0 Å². The molecule has 0 radical (unpaired) electrons. The van der Waals surface area contributed by atoms with Gasteiger partial charge in [0, 0.05) is 26.3 Å². The van der Waals surface area contributed by atoms with E-state index in [4.69, 9.17) is 5.73 Å². The van der Waals surface area contributed by atoms with E-state index in [9.17, 15) is 13.6 Å². The Morgan fingerprint density at radius 2 is 1.80 bits per heavy atom. The Balaban J connectivity index is 2.30. The zero-order valence-electron chi connectivity index (χ0n) is 9.88. The van der Waals surface area contributed by atoms with Crippen LogP contribution in [-0.2, 0) is 0 Å². The lowest BCUT2D eigenvalue weighted by Crippen LogP contribution is -2.14. The molecule has 3 N–H and O–H groups in total. The highest BCUT2D eigenvalue weighted by molar-refractivity contribution is 9.11. The van der Waals surface area contributed by atoms with E-state index in [1.807, 2.05) is 0 Å². The molecule has 2 aromatic carbocycles. The van der Waals surface area contributed by atoms with Crippen molar-refractivity contribution in [1.29, 1.82) is 0 Å². The van der Waals surface area contributed by atoms with Crippen molar-refractivity contribution in [2.24, 2.45) is 0 Å². The van der Waals surface area contributed by atoms with Crippen LogP contribution < -0.4 is 11.1 Å². The molecule has 2 rings (SSSR count). The molecule has 20 heavy (non-hydrogen) atoms. The van der Waals surface area contributed by atoms with Gasteiger partial charge in [-0.05, 0) is 56.1 Å². The molecule has 0 aliphatic carbocycles. The van der Waals surface area contributed by atoms with E-state index in [0.29, 0.717) is 21.8 Å². The van der Waals surface area contributed by atoms with E-state index in [1.54, 1.807) is 6.07 Å². The first-order valence-corrected chi connectivity index (χ1v) is 6.98. The molecule has 0 saturated heterocycles. The third-order valence-electron chi connectivity index (χ3n) is 2.51. The quantitative estimate of drug-likeness (QED) is 0.731. The van der Waals surface area contributed by atoms with E-state index in [0.717, 1.165) is 6.07 Å². The number of anilines is 2. The van der Waals surface area contributed by atoms with Gasteiger partial charge in [-0.1, -0.05) is 0 Å². The second-order valence-electron chi connectivity index (χ2n) is 3.93. The van der Waals surface area contributed by atoms with Gasteiger partial charge in [0.25, 0.3) is 5.91 Å². The van der Waals surface area contributed by atoms with Gasteiger partial charge in [0.15, 0.2) is 5.82 Å². The van der Waals surface area contributed by atoms with Crippen molar-refractivity contribution in [2.75, 3.05) is 11.1 Å². The molecule has 0 bridgehead atoms. The third kappa shape index (κ3) is 3.16.